The van der Waals surface area contributed by atoms with E-state index in [1.807, 2.05) is 53.4 Å². The lowest BCUT2D eigenvalue weighted by atomic mass is 10.0. The number of thioether (sulfide) groups is 1. The van der Waals surface area contributed by atoms with Crippen molar-refractivity contribution < 1.29 is 9.59 Å². The smallest absolute Gasteiger partial charge is 0.265 e. The Kier molecular flexibility index (Phi) is 4.85. The zero-order chi connectivity index (χ0) is 19.0. The number of anilines is 1. The van der Waals surface area contributed by atoms with Gasteiger partial charge in [-0.25, -0.2) is 0 Å². The number of thiocarbonyl (C=S) groups is 1. The first-order chi connectivity index (χ1) is 13.0. The van der Waals surface area contributed by atoms with E-state index in [2.05, 4.69) is 6.07 Å². The highest BCUT2D eigenvalue weighted by Crippen LogP contribution is 2.32. The van der Waals surface area contributed by atoms with E-state index >= 15 is 0 Å². The molecule has 0 spiro atoms. The molecular weight excluding hydrogens is 376 g/mol. The van der Waals surface area contributed by atoms with Crippen LogP contribution >= 0.6 is 24.0 Å². The molecule has 4 rings (SSSR count). The molecule has 2 aromatic carbocycles. The summed E-state index contributed by atoms with van der Waals surface area (Å²) in [6.07, 6.45) is 3.79. The lowest BCUT2D eigenvalue weighted by molar-refractivity contribution is -0.121. The minimum absolute atomic E-state index is 0.00795. The number of amides is 2. The van der Waals surface area contributed by atoms with Crippen LogP contribution in [0.3, 0.4) is 0 Å². The van der Waals surface area contributed by atoms with E-state index in [1.54, 1.807) is 7.05 Å². The molecule has 0 bridgehead atoms. The van der Waals surface area contributed by atoms with Crippen LogP contribution in [0.5, 0.6) is 0 Å². The van der Waals surface area contributed by atoms with Crippen molar-refractivity contribution in [3.8, 4) is 0 Å². The SMILES string of the molecule is CN1C(=O)/C(=C\c2ccc(C(=O)N3CCCc4ccccc43)cc2)SC1=S. The van der Waals surface area contributed by atoms with Crippen LogP contribution in [-0.4, -0.2) is 34.6 Å². The van der Waals surface area contributed by atoms with Crippen LogP contribution in [0.4, 0.5) is 5.69 Å². The van der Waals surface area contributed by atoms with Crippen LogP contribution in [-0.2, 0) is 11.2 Å². The highest BCUT2D eigenvalue weighted by atomic mass is 32.2. The second-order valence-corrected chi connectivity index (χ2v) is 8.23. The van der Waals surface area contributed by atoms with Crippen LogP contribution in [0, 0.1) is 0 Å². The van der Waals surface area contributed by atoms with Gasteiger partial charge in [0.1, 0.15) is 4.32 Å². The van der Waals surface area contributed by atoms with E-state index in [9.17, 15) is 9.59 Å². The highest BCUT2D eigenvalue weighted by Gasteiger charge is 2.28. The average molecular weight is 395 g/mol. The first kappa shape index (κ1) is 17.9. The van der Waals surface area contributed by atoms with Gasteiger partial charge in [-0.1, -0.05) is 54.3 Å². The second kappa shape index (κ2) is 7.29. The fourth-order valence-electron chi connectivity index (χ4n) is 3.32. The lowest BCUT2D eigenvalue weighted by Crippen LogP contribution is -2.35. The number of carbonyl (C=O) groups is 2. The molecule has 0 atom stereocenters. The number of likely N-dealkylation sites (N-methyl/N-ethyl adjacent to an activating group) is 1. The summed E-state index contributed by atoms with van der Waals surface area (Å²) in [5, 5.41) is 0. The monoisotopic (exact) mass is 394 g/mol. The van der Waals surface area contributed by atoms with Gasteiger partial charge in [0.2, 0.25) is 0 Å². The maximum absolute atomic E-state index is 13.0. The number of para-hydroxylation sites is 1. The van der Waals surface area contributed by atoms with Gasteiger partial charge in [-0.15, -0.1) is 0 Å². The van der Waals surface area contributed by atoms with Gasteiger partial charge in [0.25, 0.3) is 11.8 Å². The number of fused-ring (bicyclic) bond motifs is 1. The molecule has 0 radical (unpaired) electrons. The normalized spacial score (nSPS) is 18.2. The minimum Gasteiger partial charge on any atom is -0.308 e. The summed E-state index contributed by atoms with van der Waals surface area (Å²) in [5.41, 5.74) is 3.74. The van der Waals surface area contributed by atoms with Crippen LogP contribution in [0.2, 0.25) is 0 Å². The quantitative estimate of drug-likeness (QED) is 0.568. The van der Waals surface area contributed by atoms with Crippen molar-refractivity contribution in [3.63, 3.8) is 0 Å². The fourth-order valence-corrected chi connectivity index (χ4v) is 4.50. The van der Waals surface area contributed by atoms with Gasteiger partial charge < -0.3 is 4.90 Å². The van der Waals surface area contributed by atoms with E-state index < -0.39 is 0 Å². The molecule has 136 valence electrons. The standard InChI is InChI=1S/C21H18N2O2S2/c1-22-20(25)18(27-21(22)26)13-14-8-10-16(11-9-14)19(24)23-12-4-6-15-5-2-3-7-17(15)23/h2-3,5,7-11,13H,4,6,12H2,1H3/b18-13+. The topological polar surface area (TPSA) is 40.6 Å². The zero-order valence-electron chi connectivity index (χ0n) is 14.8. The fraction of sp³-hybridized carbons (Fsp3) is 0.190. The lowest BCUT2D eigenvalue weighted by Gasteiger charge is -2.29. The second-order valence-electron chi connectivity index (χ2n) is 6.55. The molecule has 1 fully saturated rings. The molecule has 1 saturated heterocycles. The number of carbonyl (C=O) groups excluding carboxylic acids is 2. The third-order valence-corrected chi connectivity index (χ3v) is 6.28. The molecule has 2 heterocycles. The summed E-state index contributed by atoms with van der Waals surface area (Å²) in [7, 11) is 1.68. The van der Waals surface area contributed by atoms with Gasteiger partial charge in [0.05, 0.1) is 4.91 Å². The number of benzene rings is 2. The Bertz CT molecular complexity index is 966. The van der Waals surface area contributed by atoms with Crippen LogP contribution in [0.1, 0.15) is 27.9 Å². The summed E-state index contributed by atoms with van der Waals surface area (Å²) < 4.78 is 0.557. The van der Waals surface area contributed by atoms with Crippen LogP contribution in [0.15, 0.2) is 53.4 Å². The van der Waals surface area contributed by atoms with Gasteiger partial charge in [-0.2, -0.15) is 0 Å². The molecule has 0 N–H and O–H groups in total. The van der Waals surface area contributed by atoms with E-state index in [0.717, 1.165) is 30.6 Å². The van der Waals surface area contributed by atoms with Gasteiger partial charge in [0.15, 0.2) is 0 Å². The maximum atomic E-state index is 13.0. The Morgan fingerprint density at radius 3 is 2.59 bits per heavy atom. The van der Waals surface area contributed by atoms with Gasteiger partial charge in [0, 0.05) is 24.8 Å². The van der Waals surface area contributed by atoms with Crippen molar-refractivity contribution in [2.45, 2.75) is 12.8 Å². The Labute approximate surface area is 167 Å². The van der Waals surface area contributed by atoms with Gasteiger partial charge in [-0.3, -0.25) is 14.5 Å². The van der Waals surface area contributed by atoms with Gasteiger partial charge in [-0.05, 0) is 48.2 Å². The van der Waals surface area contributed by atoms with Crippen molar-refractivity contribution in [1.82, 2.24) is 4.90 Å². The molecule has 2 amide bonds. The molecule has 2 aliphatic rings. The number of rotatable bonds is 2. The summed E-state index contributed by atoms with van der Waals surface area (Å²) in [4.78, 5) is 29.0. The predicted molar refractivity (Wildman–Crippen MR) is 114 cm³/mol. The Morgan fingerprint density at radius 2 is 1.89 bits per heavy atom. The maximum Gasteiger partial charge on any atom is 0.265 e. The molecule has 2 aliphatic heterocycles. The third kappa shape index (κ3) is 3.42. The van der Waals surface area contributed by atoms with Gasteiger partial charge >= 0.3 is 0 Å². The number of hydrogen-bond acceptors (Lipinski definition) is 4. The van der Waals surface area contributed by atoms with Crippen molar-refractivity contribution in [2.75, 3.05) is 18.5 Å². The predicted octanol–water partition coefficient (Wildman–Crippen LogP) is 4.11. The largest absolute Gasteiger partial charge is 0.308 e. The van der Waals surface area contributed by atoms with E-state index in [-0.39, 0.29) is 11.8 Å². The van der Waals surface area contributed by atoms with Crippen molar-refractivity contribution >= 4 is 51.9 Å². The Morgan fingerprint density at radius 1 is 1.15 bits per heavy atom. The Hall–Kier alpha value is -2.44. The molecule has 0 saturated carbocycles. The van der Waals surface area contributed by atoms with Crippen LogP contribution < -0.4 is 4.90 Å². The number of nitrogens with zero attached hydrogens (tertiary/aromatic N) is 2. The van der Waals surface area contributed by atoms with Crippen LogP contribution in [0.25, 0.3) is 6.08 Å². The first-order valence-corrected chi connectivity index (χ1v) is 9.98. The molecule has 6 heteroatoms. The number of aryl methyl sites for hydroxylation is 1. The molecule has 0 aliphatic carbocycles. The third-order valence-electron chi connectivity index (χ3n) is 4.80. The zero-order valence-corrected chi connectivity index (χ0v) is 16.5. The molecule has 0 aromatic heterocycles. The highest BCUT2D eigenvalue weighted by molar-refractivity contribution is 8.26. The molecule has 4 nitrogen and oxygen atoms in total. The number of hydrogen-bond donors (Lipinski definition) is 0. The minimum atomic E-state index is -0.0879. The molecular formula is C21H18N2O2S2. The van der Waals surface area contributed by atoms with E-state index in [4.69, 9.17) is 12.2 Å². The first-order valence-electron chi connectivity index (χ1n) is 8.76. The van der Waals surface area contributed by atoms with Crippen molar-refractivity contribution in [3.05, 3.63) is 70.1 Å². The summed E-state index contributed by atoms with van der Waals surface area (Å²) in [6, 6.07) is 15.4. The van der Waals surface area contributed by atoms with Crippen molar-refractivity contribution in [2.24, 2.45) is 0 Å². The molecule has 2 aromatic rings. The molecule has 0 unspecified atom stereocenters. The Balaban J connectivity index is 1.56. The summed E-state index contributed by atoms with van der Waals surface area (Å²) in [6.45, 7) is 0.733. The summed E-state index contributed by atoms with van der Waals surface area (Å²) in [5.74, 6) is -0.0799. The summed E-state index contributed by atoms with van der Waals surface area (Å²) >= 11 is 6.44. The molecule has 27 heavy (non-hydrogen) atoms. The average Bonchev–Trinajstić information content (AvgIpc) is 2.94. The van der Waals surface area contributed by atoms with E-state index in [0.29, 0.717) is 14.8 Å². The van der Waals surface area contributed by atoms with Crippen molar-refractivity contribution in [1.29, 1.82) is 0 Å². The van der Waals surface area contributed by atoms with E-state index in [1.165, 1.54) is 22.2 Å².